The Morgan fingerprint density at radius 2 is 2.00 bits per heavy atom. The molecule has 23 heavy (non-hydrogen) atoms. The number of carbonyl (C=O) groups excluding carboxylic acids is 1. The van der Waals surface area contributed by atoms with Gasteiger partial charge in [-0.15, -0.1) is 0 Å². The molecule has 1 aromatic heterocycles. The zero-order valence-corrected chi connectivity index (χ0v) is 13.2. The maximum Gasteiger partial charge on any atom is 0.363 e. The maximum atomic E-state index is 12.0. The molecule has 6 nitrogen and oxygen atoms in total. The van der Waals surface area contributed by atoms with Crippen LogP contribution in [0.1, 0.15) is 11.1 Å². The minimum absolute atomic E-state index is 0.204. The van der Waals surface area contributed by atoms with Crippen molar-refractivity contribution in [2.45, 2.75) is 0 Å². The van der Waals surface area contributed by atoms with Gasteiger partial charge >= 0.3 is 5.97 Å². The molecule has 2 aromatic rings. The van der Waals surface area contributed by atoms with Gasteiger partial charge < -0.3 is 14.2 Å². The van der Waals surface area contributed by atoms with Gasteiger partial charge in [0.1, 0.15) is 0 Å². The third-order valence-corrected chi connectivity index (χ3v) is 3.71. The molecule has 2 aliphatic heterocycles. The van der Waals surface area contributed by atoms with Crippen LogP contribution in [0.3, 0.4) is 0 Å². The lowest BCUT2D eigenvalue weighted by Crippen LogP contribution is -2.05. The molecule has 0 radical (unpaired) electrons. The SMILES string of the molecule is O=C1OC(c2cncc(Br)c2)=NC1=Cc1ccc2c(c1)OCO2. The van der Waals surface area contributed by atoms with Gasteiger partial charge in [0.05, 0.1) is 5.56 Å². The summed E-state index contributed by atoms with van der Waals surface area (Å²) in [5.74, 6) is 1.06. The van der Waals surface area contributed by atoms with Crippen LogP contribution in [0.15, 0.2) is 51.8 Å². The first kappa shape index (κ1) is 14.0. The predicted molar refractivity (Wildman–Crippen MR) is 85.1 cm³/mol. The molecule has 114 valence electrons. The molecule has 0 unspecified atom stereocenters. The van der Waals surface area contributed by atoms with Crippen LogP contribution in [0.25, 0.3) is 6.08 Å². The topological polar surface area (TPSA) is 70.0 Å². The lowest BCUT2D eigenvalue weighted by atomic mass is 10.1. The van der Waals surface area contributed by atoms with E-state index in [1.807, 2.05) is 6.07 Å². The fraction of sp³-hybridized carbons (Fsp3) is 0.0625. The first-order valence-corrected chi connectivity index (χ1v) is 7.51. The lowest BCUT2D eigenvalue weighted by Gasteiger charge is -1.98. The van der Waals surface area contributed by atoms with E-state index in [0.717, 1.165) is 10.0 Å². The summed E-state index contributed by atoms with van der Waals surface area (Å²) in [6.07, 6.45) is 4.87. The summed E-state index contributed by atoms with van der Waals surface area (Å²) in [7, 11) is 0. The molecule has 0 spiro atoms. The van der Waals surface area contributed by atoms with Crippen LogP contribution in [0.2, 0.25) is 0 Å². The number of cyclic esters (lactones) is 1. The van der Waals surface area contributed by atoms with E-state index in [0.29, 0.717) is 17.1 Å². The third kappa shape index (κ3) is 2.70. The van der Waals surface area contributed by atoms with E-state index in [4.69, 9.17) is 14.2 Å². The van der Waals surface area contributed by atoms with Gasteiger partial charge in [-0.25, -0.2) is 9.79 Å². The zero-order chi connectivity index (χ0) is 15.8. The number of carbonyl (C=O) groups is 1. The van der Waals surface area contributed by atoms with Crippen LogP contribution in [-0.2, 0) is 9.53 Å². The number of hydrogen-bond donors (Lipinski definition) is 0. The average molecular weight is 373 g/mol. The monoisotopic (exact) mass is 372 g/mol. The number of rotatable bonds is 2. The molecule has 0 N–H and O–H groups in total. The molecule has 0 fully saturated rings. The van der Waals surface area contributed by atoms with Crippen molar-refractivity contribution in [2.75, 3.05) is 6.79 Å². The van der Waals surface area contributed by atoms with Crippen molar-refractivity contribution in [1.82, 2.24) is 4.98 Å². The molecule has 3 heterocycles. The number of ether oxygens (including phenoxy) is 3. The van der Waals surface area contributed by atoms with Gasteiger partial charge in [0.15, 0.2) is 17.2 Å². The Kier molecular flexibility index (Phi) is 3.34. The van der Waals surface area contributed by atoms with Crippen LogP contribution in [0, 0.1) is 0 Å². The smallest absolute Gasteiger partial charge is 0.363 e. The number of halogens is 1. The Bertz CT molecular complexity index is 876. The van der Waals surface area contributed by atoms with Crippen molar-refractivity contribution < 1.29 is 19.0 Å². The largest absolute Gasteiger partial charge is 0.454 e. The first-order chi connectivity index (χ1) is 11.2. The summed E-state index contributed by atoms with van der Waals surface area (Å²) in [6.45, 7) is 0.204. The standard InChI is InChI=1S/C16H9BrN2O4/c17-11-5-10(6-18-7-11)15-19-12(16(20)23-15)3-9-1-2-13-14(4-9)22-8-21-13/h1-7H,8H2. The molecular weight excluding hydrogens is 364 g/mol. The molecule has 7 heteroatoms. The van der Waals surface area contributed by atoms with E-state index in [1.165, 1.54) is 0 Å². The van der Waals surface area contributed by atoms with Crippen molar-refractivity contribution in [3.8, 4) is 11.5 Å². The van der Waals surface area contributed by atoms with E-state index in [9.17, 15) is 4.79 Å². The lowest BCUT2D eigenvalue weighted by molar-refractivity contribution is -0.129. The van der Waals surface area contributed by atoms with Crippen LogP contribution in [0.4, 0.5) is 0 Å². The molecular formula is C16H9BrN2O4. The van der Waals surface area contributed by atoms with Crippen LogP contribution in [-0.4, -0.2) is 23.6 Å². The highest BCUT2D eigenvalue weighted by Gasteiger charge is 2.24. The highest BCUT2D eigenvalue weighted by molar-refractivity contribution is 9.10. The Balaban J connectivity index is 1.67. The second kappa shape index (κ2) is 5.51. The summed E-state index contributed by atoms with van der Waals surface area (Å²) >= 11 is 3.32. The van der Waals surface area contributed by atoms with Crippen LogP contribution in [0.5, 0.6) is 11.5 Å². The van der Waals surface area contributed by atoms with Crippen LogP contribution < -0.4 is 9.47 Å². The normalized spacial score (nSPS) is 17.3. The quantitative estimate of drug-likeness (QED) is 0.598. The Morgan fingerprint density at radius 3 is 2.87 bits per heavy atom. The molecule has 0 aliphatic carbocycles. The number of aliphatic imine (C=N–C) groups is 1. The van der Waals surface area contributed by atoms with Gasteiger partial charge in [0.25, 0.3) is 0 Å². The van der Waals surface area contributed by atoms with Crippen molar-refractivity contribution in [3.05, 3.63) is 58.0 Å². The summed E-state index contributed by atoms with van der Waals surface area (Å²) in [5, 5.41) is 0. The molecule has 2 aliphatic rings. The minimum Gasteiger partial charge on any atom is -0.454 e. The number of fused-ring (bicyclic) bond motifs is 1. The number of pyridine rings is 1. The molecule has 0 bridgehead atoms. The van der Waals surface area contributed by atoms with E-state index >= 15 is 0 Å². The van der Waals surface area contributed by atoms with E-state index in [-0.39, 0.29) is 18.4 Å². The Morgan fingerprint density at radius 1 is 1.13 bits per heavy atom. The fourth-order valence-corrected chi connectivity index (χ4v) is 2.59. The van der Waals surface area contributed by atoms with E-state index in [2.05, 4.69) is 25.9 Å². The molecule has 0 amide bonds. The summed E-state index contributed by atoms with van der Waals surface area (Å²) in [4.78, 5) is 20.3. The second-order valence-electron chi connectivity index (χ2n) is 4.84. The van der Waals surface area contributed by atoms with Crippen molar-refractivity contribution in [3.63, 3.8) is 0 Å². The van der Waals surface area contributed by atoms with Crippen LogP contribution >= 0.6 is 15.9 Å². The van der Waals surface area contributed by atoms with Gasteiger partial charge in [-0.1, -0.05) is 6.07 Å². The van der Waals surface area contributed by atoms with Gasteiger partial charge in [-0.3, -0.25) is 4.98 Å². The number of nitrogens with zero attached hydrogens (tertiary/aromatic N) is 2. The molecule has 1 aromatic carbocycles. The molecule has 4 rings (SSSR count). The fourth-order valence-electron chi connectivity index (χ4n) is 2.22. The van der Waals surface area contributed by atoms with Crippen molar-refractivity contribution >= 4 is 33.9 Å². The molecule has 0 saturated carbocycles. The number of hydrogen-bond acceptors (Lipinski definition) is 6. The number of benzene rings is 1. The van der Waals surface area contributed by atoms with Crippen molar-refractivity contribution in [2.24, 2.45) is 4.99 Å². The van der Waals surface area contributed by atoms with Crippen molar-refractivity contribution in [1.29, 1.82) is 0 Å². The third-order valence-electron chi connectivity index (χ3n) is 3.27. The maximum absolute atomic E-state index is 12.0. The van der Waals surface area contributed by atoms with Gasteiger partial charge in [-0.05, 0) is 45.8 Å². The Hall–Kier alpha value is -2.67. The highest BCUT2D eigenvalue weighted by atomic mass is 79.9. The highest BCUT2D eigenvalue weighted by Crippen LogP contribution is 2.33. The summed E-state index contributed by atoms with van der Waals surface area (Å²) in [5.41, 5.74) is 1.62. The number of esters is 1. The van der Waals surface area contributed by atoms with E-state index in [1.54, 1.807) is 36.7 Å². The molecule has 0 saturated heterocycles. The average Bonchev–Trinajstić information content (AvgIpc) is 3.14. The number of aromatic nitrogens is 1. The van der Waals surface area contributed by atoms with Gasteiger partial charge in [0, 0.05) is 16.9 Å². The predicted octanol–water partition coefficient (Wildman–Crippen LogP) is 2.92. The van der Waals surface area contributed by atoms with Gasteiger partial charge in [0.2, 0.25) is 12.7 Å². The second-order valence-corrected chi connectivity index (χ2v) is 5.76. The van der Waals surface area contributed by atoms with E-state index < -0.39 is 5.97 Å². The van der Waals surface area contributed by atoms with Gasteiger partial charge in [-0.2, -0.15) is 0 Å². The first-order valence-electron chi connectivity index (χ1n) is 6.72. The minimum atomic E-state index is -0.502. The summed E-state index contributed by atoms with van der Waals surface area (Å²) in [6, 6.07) is 7.18. The zero-order valence-electron chi connectivity index (χ0n) is 11.7. The molecule has 0 atom stereocenters. The Labute approximate surface area is 139 Å². The summed E-state index contributed by atoms with van der Waals surface area (Å²) < 4.78 is 16.6.